The molecular formula is C25H26BClN8S. The number of anilines is 2. The fraction of sp³-hybridized carbons (Fsp3) is 0.400. The molecule has 36 heavy (non-hydrogen) atoms. The second kappa shape index (κ2) is 9.05. The first kappa shape index (κ1) is 24.5. The van der Waals surface area contributed by atoms with Gasteiger partial charge in [-0.05, 0) is 37.3 Å². The van der Waals surface area contributed by atoms with Crippen molar-refractivity contribution in [2.24, 2.45) is 5.41 Å². The van der Waals surface area contributed by atoms with Crippen LogP contribution in [0.5, 0.6) is 0 Å². The van der Waals surface area contributed by atoms with Gasteiger partial charge in [-0.1, -0.05) is 37.6 Å². The molecule has 3 aromatic heterocycles. The summed E-state index contributed by atoms with van der Waals surface area (Å²) in [4.78, 5) is 9.71. The summed E-state index contributed by atoms with van der Waals surface area (Å²) in [6.07, 6.45) is 5.63. The highest BCUT2D eigenvalue weighted by atomic mass is 35.5. The summed E-state index contributed by atoms with van der Waals surface area (Å²) in [5.74, 6) is 0. The molecule has 1 aliphatic rings. The number of benzene rings is 1. The predicted molar refractivity (Wildman–Crippen MR) is 145 cm³/mol. The first-order valence-corrected chi connectivity index (χ1v) is 13.0. The largest absolute Gasteiger partial charge is 0.383 e. The number of fused-ring (bicyclic) bond motifs is 1. The molecule has 0 spiro atoms. The Morgan fingerprint density at radius 2 is 2.06 bits per heavy atom. The van der Waals surface area contributed by atoms with Crippen molar-refractivity contribution in [3.63, 3.8) is 0 Å². The van der Waals surface area contributed by atoms with Gasteiger partial charge in [-0.3, -0.25) is 4.98 Å². The maximum atomic E-state index is 9.77. The van der Waals surface area contributed by atoms with Gasteiger partial charge >= 0.3 is 0 Å². The van der Waals surface area contributed by atoms with Gasteiger partial charge in [-0.2, -0.15) is 5.26 Å². The van der Waals surface area contributed by atoms with E-state index < -0.39 is 5.44 Å². The third kappa shape index (κ3) is 4.65. The number of hydrogen-bond acceptors (Lipinski definition) is 8. The normalized spacial score (nSPS) is 15.4. The fourth-order valence-corrected chi connectivity index (χ4v) is 5.23. The lowest BCUT2D eigenvalue weighted by atomic mass is 9.73. The van der Waals surface area contributed by atoms with Gasteiger partial charge < -0.3 is 10.6 Å². The Morgan fingerprint density at radius 3 is 2.69 bits per heavy atom. The number of aromatic nitrogens is 5. The van der Waals surface area contributed by atoms with Gasteiger partial charge in [0.2, 0.25) is 0 Å². The quantitative estimate of drug-likeness (QED) is 0.317. The van der Waals surface area contributed by atoms with Crippen molar-refractivity contribution in [2.75, 3.05) is 17.2 Å². The molecule has 1 atom stereocenters. The zero-order valence-electron chi connectivity index (χ0n) is 20.6. The molecule has 0 bridgehead atoms. The van der Waals surface area contributed by atoms with Gasteiger partial charge in [-0.15, -0.1) is 16.4 Å². The zero-order valence-corrected chi connectivity index (χ0v) is 22.2. The molecule has 1 aromatic carbocycles. The number of thiazole rings is 1. The van der Waals surface area contributed by atoms with Crippen molar-refractivity contribution in [1.82, 2.24) is 25.0 Å². The number of rotatable bonds is 7. The van der Waals surface area contributed by atoms with Crippen LogP contribution in [0.25, 0.3) is 10.9 Å². The number of pyridine rings is 1. The molecule has 5 rings (SSSR count). The van der Waals surface area contributed by atoms with E-state index in [4.69, 9.17) is 19.4 Å². The topological polar surface area (TPSA) is 104 Å². The smallest absolute Gasteiger partial charge is 0.120 e. The number of nitrogens with zero attached hydrogens (tertiary/aromatic N) is 6. The lowest BCUT2D eigenvalue weighted by Gasteiger charge is -2.30. The lowest BCUT2D eigenvalue weighted by Crippen LogP contribution is -2.37. The molecule has 1 aliphatic carbocycles. The average molecular weight is 517 g/mol. The SMILES string of the molecule is [B][C@@](Nc1cc(Cl)c2ncc(C#N)c(NCC(C)(C)C)c2c1)(c1cn(C2CC2)nn1)c1scnc1C. The summed E-state index contributed by atoms with van der Waals surface area (Å²) in [6, 6.07) is 6.33. The van der Waals surface area contributed by atoms with Crippen LogP contribution in [0, 0.1) is 23.7 Å². The van der Waals surface area contributed by atoms with Crippen molar-refractivity contribution in [1.29, 1.82) is 5.26 Å². The summed E-state index contributed by atoms with van der Waals surface area (Å²) in [6.45, 7) is 8.98. The highest BCUT2D eigenvalue weighted by Gasteiger charge is 2.36. The van der Waals surface area contributed by atoms with Crippen LogP contribution in [-0.4, -0.2) is 39.4 Å². The zero-order chi connectivity index (χ0) is 25.7. The van der Waals surface area contributed by atoms with E-state index in [1.54, 1.807) is 17.8 Å². The molecule has 0 unspecified atom stereocenters. The highest BCUT2D eigenvalue weighted by molar-refractivity contribution is 7.10. The first-order chi connectivity index (χ1) is 17.1. The van der Waals surface area contributed by atoms with Crippen molar-refractivity contribution in [3.05, 3.63) is 56.9 Å². The van der Waals surface area contributed by atoms with E-state index >= 15 is 0 Å². The first-order valence-electron chi connectivity index (χ1n) is 11.8. The van der Waals surface area contributed by atoms with Crippen LogP contribution in [0.4, 0.5) is 11.4 Å². The maximum Gasteiger partial charge on any atom is 0.120 e. The molecule has 2 radical (unpaired) electrons. The number of hydrogen-bond donors (Lipinski definition) is 2. The van der Waals surface area contributed by atoms with Crippen LogP contribution in [0.15, 0.2) is 30.0 Å². The van der Waals surface area contributed by atoms with Gasteiger partial charge in [0.15, 0.2) is 0 Å². The predicted octanol–water partition coefficient (Wildman–Crippen LogP) is 5.39. The summed E-state index contributed by atoms with van der Waals surface area (Å²) in [5, 5.41) is 26.6. The van der Waals surface area contributed by atoms with E-state index in [1.165, 1.54) is 11.3 Å². The molecule has 0 amide bonds. The molecule has 8 nitrogen and oxygen atoms in total. The Morgan fingerprint density at radius 1 is 1.28 bits per heavy atom. The summed E-state index contributed by atoms with van der Waals surface area (Å²) < 4.78 is 1.87. The fourth-order valence-electron chi connectivity index (χ4n) is 4.08. The van der Waals surface area contributed by atoms with Crippen LogP contribution < -0.4 is 10.6 Å². The molecule has 0 saturated heterocycles. The minimum absolute atomic E-state index is 0.00542. The molecule has 1 fully saturated rings. The van der Waals surface area contributed by atoms with Crippen molar-refractivity contribution >= 4 is 53.1 Å². The van der Waals surface area contributed by atoms with Gasteiger partial charge in [0.05, 0.1) is 50.7 Å². The molecule has 4 aromatic rings. The van der Waals surface area contributed by atoms with E-state index in [-0.39, 0.29) is 5.41 Å². The van der Waals surface area contributed by atoms with Gasteiger partial charge in [-0.25, -0.2) is 9.67 Å². The number of halogens is 1. The van der Waals surface area contributed by atoms with E-state index in [0.717, 1.165) is 28.8 Å². The second-order valence-corrected chi connectivity index (χ2v) is 11.7. The molecule has 11 heteroatoms. The van der Waals surface area contributed by atoms with E-state index in [9.17, 15) is 5.26 Å². The van der Waals surface area contributed by atoms with Crippen LogP contribution in [-0.2, 0) is 5.44 Å². The summed E-state index contributed by atoms with van der Waals surface area (Å²) in [5.41, 5.74) is 4.40. The number of nitriles is 1. The Labute approximate surface area is 220 Å². The minimum atomic E-state index is -1.19. The van der Waals surface area contributed by atoms with Crippen molar-refractivity contribution in [2.45, 2.75) is 52.0 Å². The Hall–Kier alpha value is -3.16. The second-order valence-electron chi connectivity index (χ2n) is 10.4. The molecule has 0 aliphatic heterocycles. The van der Waals surface area contributed by atoms with Crippen molar-refractivity contribution in [3.8, 4) is 6.07 Å². The lowest BCUT2D eigenvalue weighted by molar-refractivity contribution is 0.443. The van der Waals surface area contributed by atoms with Crippen LogP contribution in [0.2, 0.25) is 5.02 Å². The number of nitrogens with one attached hydrogen (secondary N) is 2. The van der Waals surface area contributed by atoms with Gasteiger partial charge in [0, 0.05) is 28.7 Å². The van der Waals surface area contributed by atoms with Gasteiger partial charge in [0.1, 0.15) is 19.6 Å². The third-order valence-corrected chi connectivity index (χ3v) is 7.47. The number of aryl methyl sites for hydroxylation is 1. The molecule has 1 saturated carbocycles. The minimum Gasteiger partial charge on any atom is -0.383 e. The Balaban J connectivity index is 1.62. The van der Waals surface area contributed by atoms with E-state index in [1.807, 2.05) is 23.9 Å². The third-order valence-electron chi connectivity index (χ3n) is 6.12. The average Bonchev–Trinajstić information content (AvgIpc) is 3.37. The van der Waals surface area contributed by atoms with E-state index in [0.29, 0.717) is 45.8 Å². The van der Waals surface area contributed by atoms with Crippen molar-refractivity contribution < 1.29 is 0 Å². The Bertz CT molecular complexity index is 1480. The Kier molecular flexibility index (Phi) is 6.17. The van der Waals surface area contributed by atoms with Gasteiger partial charge in [0.25, 0.3) is 0 Å². The summed E-state index contributed by atoms with van der Waals surface area (Å²) in [7, 11) is 7.07. The maximum absolute atomic E-state index is 9.77. The van der Waals surface area contributed by atoms with Crippen LogP contribution in [0.3, 0.4) is 0 Å². The highest BCUT2D eigenvalue weighted by Crippen LogP contribution is 2.40. The monoisotopic (exact) mass is 516 g/mol. The molecule has 2 N–H and O–H groups in total. The molecule has 182 valence electrons. The molecule has 3 heterocycles. The standard InChI is InChI=1S/C25H26BClN8S/c1-14-23(36-13-31-14)25(26,20-11-35(34-33-20)17-5-6-17)32-16-7-18-21(30-12-24(2,3)4)15(9-28)10-29-22(18)19(27)8-16/h7-8,10-11,13,17,32H,5-6,12H2,1-4H3,(H,29,30)/t25-/m1/s1. The van der Waals surface area contributed by atoms with Crippen LogP contribution in [0.1, 0.15) is 61.5 Å². The van der Waals surface area contributed by atoms with Crippen LogP contribution >= 0.6 is 22.9 Å². The molecular weight excluding hydrogens is 491 g/mol. The summed E-state index contributed by atoms with van der Waals surface area (Å²) >= 11 is 8.16. The van der Waals surface area contributed by atoms with E-state index in [2.05, 4.69) is 57.8 Å².